The van der Waals surface area contributed by atoms with Gasteiger partial charge in [0, 0.05) is 18.2 Å². The molecule has 1 aliphatic heterocycles. The van der Waals surface area contributed by atoms with Crippen molar-refractivity contribution in [1.82, 2.24) is 25.1 Å². The Labute approximate surface area is 165 Å². The van der Waals surface area contributed by atoms with Crippen molar-refractivity contribution >= 4 is 40.3 Å². The Bertz CT molecular complexity index is 941. The third kappa shape index (κ3) is 4.23. The quantitative estimate of drug-likeness (QED) is 0.503. The summed E-state index contributed by atoms with van der Waals surface area (Å²) in [4.78, 5) is 20.8. The molecule has 3 heterocycles. The molecule has 0 aliphatic carbocycles. The smallest absolute Gasteiger partial charge is 0.230 e. The van der Waals surface area contributed by atoms with Gasteiger partial charge in [-0.2, -0.15) is 5.10 Å². The number of benzene rings is 1. The third-order valence-electron chi connectivity index (χ3n) is 4.29. The van der Waals surface area contributed by atoms with Crippen LogP contribution in [0.2, 0.25) is 5.02 Å². The van der Waals surface area contributed by atoms with Gasteiger partial charge < -0.3 is 10.1 Å². The first-order valence-corrected chi connectivity index (χ1v) is 10.0. The van der Waals surface area contributed by atoms with Crippen molar-refractivity contribution in [1.29, 1.82) is 0 Å². The zero-order chi connectivity index (χ0) is 18.6. The van der Waals surface area contributed by atoms with Crippen LogP contribution in [0, 0.1) is 0 Å². The number of carbonyl (C=O) groups excluding carboxylic acids is 1. The van der Waals surface area contributed by atoms with E-state index in [1.807, 2.05) is 12.1 Å². The van der Waals surface area contributed by atoms with Crippen LogP contribution >= 0.6 is 23.4 Å². The van der Waals surface area contributed by atoms with Gasteiger partial charge in [-0.05, 0) is 37.1 Å². The largest absolute Gasteiger partial charge is 0.376 e. The Kier molecular flexibility index (Phi) is 5.56. The van der Waals surface area contributed by atoms with E-state index in [2.05, 4.69) is 20.4 Å². The predicted molar refractivity (Wildman–Crippen MR) is 104 cm³/mol. The molecule has 1 atom stereocenters. The third-order valence-corrected chi connectivity index (χ3v) is 5.55. The molecule has 1 fully saturated rings. The lowest BCUT2D eigenvalue weighted by Crippen LogP contribution is -2.32. The highest BCUT2D eigenvalue weighted by Gasteiger charge is 2.17. The zero-order valence-electron chi connectivity index (χ0n) is 14.5. The van der Waals surface area contributed by atoms with Gasteiger partial charge in [0.1, 0.15) is 11.4 Å². The van der Waals surface area contributed by atoms with Crippen LogP contribution in [0.1, 0.15) is 12.8 Å². The number of nitrogens with one attached hydrogen (secondary N) is 1. The van der Waals surface area contributed by atoms with Gasteiger partial charge in [-0.3, -0.25) is 4.79 Å². The van der Waals surface area contributed by atoms with Crippen molar-refractivity contribution in [2.75, 3.05) is 18.9 Å². The molecule has 1 amide bonds. The Morgan fingerprint density at radius 3 is 2.96 bits per heavy atom. The highest BCUT2D eigenvalue weighted by atomic mass is 35.5. The minimum atomic E-state index is -0.0349. The molecule has 3 aromatic rings. The summed E-state index contributed by atoms with van der Waals surface area (Å²) in [6.45, 7) is 1.35. The molecule has 0 spiro atoms. The van der Waals surface area contributed by atoms with E-state index >= 15 is 0 Å². The topological polar surface area (TPSA) is 81.9 Å². The minimum Gasteiger partial charge on any atom is -0.376 e. The number of hydrogen-bond donors (Lipinski definition) is 1. The molecular weight excluding hydrogens is 386 g/mol. The Morgan fingerprint density at radius 1 is 1.33 bits per heavy atom. The first-order chi connectivity index (χ1) is 13.2. The zero-order valence-corrected chi connectivity index (χ0v) is 16.0. The SMILES string of the molecule is O=C(CSc1ncnc2c1cnn2-c1ccc(Cl)cc1)NC[C@@H]1CCCO1. The maximum Gasteiger partial charge on any atom is 0.230 e. The molecule has 1 aliphatic rings. The van der Waals surface area contributed by atoms with E-state index in [9.17, 15) is 4.79 Å². The predicted octanol–water partition coefficient (Wildman–Crippen LogP) is 2.86. The number of hydrogen-bond acceptors (Lipinski definition) is 6. The highest BCUT2D eigenvalue weighted by molar-refractivity contribution is 8.00. The average Bonchev–Trinajstić information content (AvgIpc) is 3.35. The van der Waals surface area contributed by atoms with Crippen molar-refractivity contribution in [2.24, 2.45) is 0 Å². The number of amides is 1. The summed E-state index contributed by atoms with van der Waals surface area (Å²) >= 11 is 7.32. The first kappa shape index (κ1) is 18.2. The van der Waals surface area contributed by atoms with Crippen LogP contribution in [-0.4, -0.2) is 50.7 Å². The van der Waals surface area contributed by atoms with E-state index in [1.165, 1.54) is 18.1 Å². The van der Waals surface area contributed by atoms with Crippen LogP contribution in [0.5, 0.6) is 0 Å². The molecule has 1 N–H and O–H groups in total. The number of aromatic nitrogens is 4. The van der Waals surface area contributed by atoms with Gasteiger partial charge >= 0.3 is 0 Å². The summed E-state index contributed by atoms with van der Waals surface area (Å²) in [5.74, 6) is 0.248. The molecular formula is C18H18ClN5O2S. The number of nitrogens with zero attached hydrogens (tertiary/aromatic N) is 4. The molecule has 27 heavy (non-hydrogen) atoms. The lowest BCUT2D eigenvalue weighted by atomic mass is 10.2. The van der Waals surface area contributed by atoms with Crippen LogP contribution in [0.3, 0.4) is 0 Å². The van der Waals surface area contributed by atoms with Gasteiger partial charge in [-0.1, -0.05) is 23.4 Å². The Balaban J connectivity index is 1.44. The fraction of sp³-hybridized carbons (Fsp3) is 0.333. The Morgan fingerprint density at radius 2 is 2.19 bits per heavy atom. The van der Waals surface area contributed by atoms with Crippen LogP contribution < -0.4 is 5.32 Å². The number of halogens is 1. The highest BCUT2D eigenvalue weighted by Crippen LogP contribution is 2.26. The molecule has 7 nitrogen and oxygen atoms in total. The molecule has 140 valence electrons. The molecule has 0 bridgehead atoms. The maximum absolute atomic E-state index is 12.1. The normalized spacial score (nSPS) is 16.7. The van der Waals surface area contributed by atoms with E-state index in [1.54, 1.807) is 23.0 Å². The summed E-state index contributed by atoms with van der Waals surface area (Å²) < 4.78 is 7.25. The number of fused-ring (bicyclic) bond motifs is 1. The fourth-order valence-corrected chi connectivity index (χ4v) is 3.84. The molecule has 2 aromatic heterocycles. The molecule has 0 saturated carbocycles. The fourth-order valence-electron chi connectivity index (χ4n) is 2.93. The molecule has 0 unspecified atom stereocenters. The maximum atomic E-state index is 12.1. The number of ether oxygens (including phenoxy) is 1. The van der Waals surface area contributed by atoms with Gasteiger partial charge in [0.15, 0.2) is 5.65 Å². The second-order valence-electron chi connectivity index (χ2n) is 6.18. The van der Waals surface area contributed by atoms with E-state index in [0.29, 0.717) is 17.2 Å². The van der Waals surface area contributed by atoms with Crippen molar-refractivity contribution in [3.05, 3.63) is 41.8 Å². The van der Waals surface area contributed by atoms with Crippen LogP contribution in [0.4, 0.5) is 0 Å². The second-order valence-corrected chi connectivity index (χ2v) is 7.58. The van der Waals surface area contributed by atoms with Crippen molar-refractivity contribution in [3.8, 4) is 5.69 Å². The molecule has 9 heteroatoms. The lowest BCUT2D eigenvalue weighted by Gasteiger charge is -2.10. The first-order valence-electron chi connectivity index (χ1n) is 8.66. The van der Waals surface area contributed by atoms with Crippen molar-refractivity contribution in [3.63, 3.8) is 0 Å². The number of carbonyl (C=O) groups is 1. The minimum absolute atomic E-state index is 0.0349. The summed E-state index contributed by atoms with van der Waals surface area (Å²) in [7, 11) is 0. The van der Waals surface area contributed by atoms with Crippen molar-refractivity contribution in [2.45, 2.75) is 24.0 Å². The summed E-state index contributed by atoms with van der Waals surface area (Å²) in [5, 5.41) is 9.53. The van der Waals surface area contributed by atoms with Crippen LogP contribution in [0.15, 0.2) is 41.8 Å². The second kappa shape index (κ2) is 8.24. The lowest BCUT2D eigenvalue weighted by molar-refractivity contribution is -0.119. The van der Waals surface area contributed by atoms with Gasteiger partial charge in [0.05, 0.1) is 29.1 Å². The monoisotopic (exact) mass is 403 g/mol. The van der Waals surface area contributed by atoms with Crippen molar-refractivity contribution < 1.29 is 9.53 Å². The number of thioether (sulfide) groups is 1. The van der Waals surface area contributed by atoms with E-state index < -0.39 is 0 Å². The van der Waals surface area contributed by atoms with Gasteiger partial charge in [0.25, 0.3) is 0 Å². The number of rotatable bonds is 6. The average molecular weight is 404 g/mol. The van der Waals surface area contributed by atoms with Gasteiger partial charge in [0.2, 0.25) is 5.91 Å². The van der Waals surface area contributed by atoms with E-state index in [-0.39, 0.29) is 17.8 Å². The van der Waals surface area contributed by atoms with E-state index in [4.69, 9.17) is 16.3 Å². The molecule has 4 rings (SSSR count). The van der Waals surface area contributed by atoms with Gasteiger partial charge in [-0.25, -0.2) is 14.6 Å². The molecule has 0 radical (unpaired) electrons. The molecule has 1 saturated heterocycles. The molecule has 1 aromatic carbocycles. The van der Waals surface area contributed by atoms with Gasteiger partial charge in [-0.15, -0.1) is 0 Å². The van der Waals surface area contributed by atoms with Crippen LogP contribution in [-0.2, 0) is 9.53 Å². The summed E-state index contributed by atoms with van der Waals surface area (Å²) in [6, 6.07) is 7.36. The Hall–Kier alpha value is -2.16. The summed E-state index contributed by atoms with van der Waals surface area (Å²) in [5.41, 5.74) is 1.55. The van der Waals surface area contributed by atoms with E-state index in [0.717, 1.165) is 35.5 Å². The van der Waals surface area contributed by atoms with Crippen LogP contribution in [0.25, 0.3) is 16.7 Å². The summed E-state index contributed by atoms with van der Waals surface area (Å²) in [6.07, 6.45) is 5.41. The standard InChI is InChI=1S/C18H18ClN5O2S/c19-12-3-5-13(6-4-12)24-17-15(9-23-24)18(22-11-21-17)27-10-16(25)20-8-14-2-1-7-26-14/h3-6,9,11,14H,1-2,7-8,10H2,(H,20,25)/t14-/m0/s1.